The van der Waals surface area contributed by atoms with E-state index in [4.69, 9.17) is 0 Å². The van der Waals surface area contributed by atoms with Gasteiger partial charge in [-0.2, -0.15) is 5.26 Å². The largest absolute Gasteiger partial charge is 0.316 e. The van der Waals surface area contributed by atoms with Crippen LogP contribution in [0.3, 0.4) is 0 Å². The van der Waals surface area contributed by atoms with Gasteiger partial charge in [-0.3, -0.25) is 4.98 Å². The third kappa shape index (κ3) is 2.84. The van der Waals surface area contributed by atoms with Gasteiger partial charge >= 0.3 is 0 Å². The van der Waals surface area contributed by atoms with Gasteiger partial charge in [0.2, 0.25) is 0 Å². The standard InChI is InChI=1S/C20H16FN3/c1-14-10-16(15(2)24(14)18-6-5-9-23-13-18)11-17(12-22)19-7-3-4-8-20(19)21/h3-11,13H,1-2H3/b17-11-. The fourth-order valence-corrected chi connectivity index (χ4v) is 2.82. The Morgan fingerprint density at radius 1 is 1.21 bits per heavy atom. The minimum Gasteiger partial charge on any atom is -0.316 e. The van der Waals surface area contributed by atoms with Crippen molar-refractivity contribution in [2.24, 2.45) is 0 Å². The van der Waals surface area contributed by atoms with Gasteiger partial charge in [-0.15, -0.1) is 0 Å². The van der Waals surface area contributed by atoms with Gasteiger partial charge in [0.15, 0.2) is 0 Å². The van der Waals surface area contributed by atoms with Crippen molar-refractivity contribution in [3.05, 3.63) is 83.2 Å². The summed E-state index contributed by atoms with van der Waals surface area (Å²) >= 11 is 0. The zero-order valence-corrected chi connectivity index (χ0v) is 13.5. The summed E-state index contributed by atoms with van der Waals surface area (Å²) in [6.07, 6.45) is 5.24. The molecule has 1 aromatic carbocycles. The Bertz CT molecular complexity index is 947. The number of benzene rings is 1. The van der Waals surface area contributed by atoms with Crippen LogP contribution >= 0.6 is 0 Å². The van der Waals surface area contributed by atoms with E-state index < -0.39 is 5.82 Å². The van der Waals surface area contributed by atoms with E-state index in [2.05, 4.69) is 15.6 Å². The lowest BCUT2D eigenvalue weighted by Crippen LogP contribution is -1.99. The summed E-state index contributed by atoms with van der Waals surface area (Å²) < 4.78 is 16.0. The highest BCUT2D eigenvalue weighted by molar-refractivity contribution is 5.90. The molecule has 2 heterocycles. The Hall–Kier alpha value is -3.19. The molecule has 0 fully saturated rings. The summed E-state index contributed by atoms with van der Waals surface area (Å²) in [4.78, 5) is 4.15. The number of allylic oxidation sites excluding steroid dienone is 1. The Balaban J connectivity index is 2.11. The van der Waals surface area contributed by atoms with E-state index in [1.54, 1.807) is 36.7 Å². The third-order valence-corrected chi connectivity index (χ3v) is 3.96. The average molecular weight is 317 g/mol. The average Bonchev–Trinajstić information content (AvgIpc) is 2.88. The van der Waals surface area contributed by atoms with Crippen molar-refractivity contribution in [1.82, 2.24) is 9.55 Å². The molecule has 24 heavy (non-hydrogen) atoms. The lowest BCUT2D eigenvalue weighted by Gasteiger charge is -2.08. The number of halogens is 1. The van der Waals surface area contributed by atoms with Gasteiger partial charge in [0.05, 0.1) is 23.5 Å². The van der Waals surface area contributed by atoms with Crippen molar-refractivity contribution in [3.63, 3.8) is 0 Å². The number of nitriles is 1. The smallest absolute Gasteiger partial charge is 0.131 e. The fourth-order valence-electron chi connectivity index (χ4n) is 2.82. The molecule has 0 unspecified atom stereocenters. The summed E-state index contributed by atoms with van der Waals surface area (Å²) in [6, 6.07) is 14.3. The summed E-state index contributed by atoms with van der Waals surface area (Å²) in [6.45, 7) is 3.97. The van der Waals surface area contributed by atoms with E-state index in [0.29, 0.717) is 11.1 Å². The van der Waals surface area contributed by atoms with Crippen LogP contribution in [0.1, 0.15) is 22.5 Å². The van der Waals surface area contributed by atoms with E-state index in [1.807, 2.05) is 32.0 Å². The molecule has 0 bridgehead atoms. The molecule has 2 aromatic heterocycles. The van der Waals surface area contributed by atoms with Crippen LogP contribution in [0.15, 0.2) is 54.9 Å². The molecular formula is C20H16FN3. The first-order valence-electron chi connectivity index (χ1n) is 7.58. The number of hydrogen-bond acceptors (Lipinski definition) is 2. The number of rotatable bonds is 3. The van der Waals surface area contributed by atoms with E-state index in [0.717, 1.165) is 22.6 Å². The third-order valence-electron chi connectivity index (χ3n) is 3.96. The summed E-state index contributed by atoms with van der Waals surface area (Å²) in [5.41, 5.74) is 4.46. The fraction of sp³-hybridized carbons (Fsp3) is 0.100. The molecule has 0 aliphatic rings. The van der Waals surface area contributed by atoms with Crippen molar-refractivity contribution in [1.29, 1.82) is 5.26 Å². The lowest BCUT2D eigenvalue weighted by atomic mass is 10.0. The van der Waals surface area contributed by atoms with E-state index in [-0.39, 0.29) is 0 Å². The summed E-state index contributed by atoms with van der Waals surface area (Å²) in [7, 11) is 0. The van der Waals surface area contributed by atoms with Gasteiger partial charge in [0.1, 0.15) is 5.82 Å². The highest BCUT2D eigenvalue weighted by atomic mass is 19.1. The van der Waals surface area contributed by atoms with Crippen LogP contribution in [0.25, 0.3) is 17.3 Å². The quantitative estimate of drug-likeness (QED) is 0.657. The van der Waals surface area contributed by atoms with Crippen molar-refractivity contribution < 1.29 is 4.39 Å². The first kappa shape index (κ1) is 15.7. The highest BCUT2D eigenvalue weighted by Gasteiger charge is 2.12. The number of nitrogens with zero attached hydrogens (tertiary/aromatic N) is 3. The monoisotopic (exact) mass is 317 g/mol. The molecule has 0 atom stereocenters. The van der Waals surface area contributed by atoms with Crippen LogP contribution in [0.4, 0.5) is 4.39 Å². The maximum absolute atomic E-state index is 14.0. The Labute approximate surface area is 140 Å². The van der Waals surface area contributed by atoms with Crippen molar-refractivity contribution in [3.8, 4) is 11.8 Å². The zero-order valence-electron chi connectivity index (χ0n) is 13.5. The SMILES string of the molecule is Cc1cc(/C=C(/C#N)c2ccccc2F)c(C)n1-c1cccnc1. The topological polar surface area (TPSA) is 41.6 Å². The Kier molecular flexibility index (Phi) is 4.26. The normalized spacial score (nSPS) is 11.3. The van der Waals surface area contributed by atoms with Crippen LogP contribution in [0.2, 0.25) is 0 Å². The number of aryl methyl sites for hydroxylation is 1. The van der Waals surface area contributed by atoms with Gasteiger partial charge in [-0.05, 0) is 49.8 Å². The molecule has 118 valence electrons. The molecule has 0 N–H and O–H groups in total. The maximum Gasteiger partial charge on any atom is 0.131 e. The second kappa shape index (κ2) is 6.51. The highest BCUT2D eigenvalue weighted by Crippen LogP contribution is 2.26. The second-order valence-corrected chi connectivity index (χ2v) is 5.52. The molecular weight excluding hydrogens is 301 g/mol. The number of aromatic nitrogens is 2. The lowest BCUT2D eigenvalue weighted by molar-refractivity contribution is 0.624. The van der Waals surface area contributed by atoms with Crippen LogP contribution in [-0.2, 0) is 0 Å². The predicted molar refractivity (Wildman–Crippen MR) is 92.9 cm³/mol. The van der Waals surface area contributed by atoms with Crippen LogP contribution in [0.5, 0.6) is 0 Å². The number of hydrogen-bond donors (Lipinski definition) is 0. The molecule has 0 saturated heterocycles. The van der Waals surface area contributed by atoms with Crippen LogP contribution < -0.4 is 0 Å². The summed E-state index contributed by atoms with van der Waals surface area (Å²) in [5.74, 6) is -0.397. The van der Waals surface area contributed by atoms with Gasteiger partial charge in [-0.1, -0.05) is 18.2 Å². The van der Waals surface area contributed by atoms with Gasteiger partial charge < -0.3 is 4.57 Å². The molecule has 4 heteroatoms. The van der Waals surface area contributed by atoms with Gasteiger partial charge in [0, 0.05) is 23.1 Å². The van der Waals surface area contributed by atoms with E-state index >= 15 is 0 Å². The van der Waals surface area contributed by atoms with Crippen molar-refractivity contribution >= 4 is 11.6 Å². The summed E-state index contributed by atoms with van der Waals surface area (Å²) in [5, 5.41) is 9.45. The van der Waals surface area contributed by atoms with Gasteiger partial charge in [-0.25, -0.2) is 4.39 Å². The minimum atomic E-state index is -0.397. The predicted octanol–water partition coefficient (Wildman–Crippen LogP) is 4.69. The molecule has 0 radical (unpaired) electrons. The second-order valence-electron chi connectivity index (χ2n) is 5.52. The molecule has 0 saturated carbocycles. The van der Waals surface area contributed by atoms with Crippen molar-refractivity contribution in [2.45, 2.75) is 13.8 Å². The van der Waals surface area contributed by atoms with Crippen LogP contribution in [0, 0.1) is 31.0 Å². The molecule has 3 nitrogen and oxygen atoms in total. The van der Waals surface area contributed by atoms with Crippen LogP contribution in [-0.4, -0.2) is 9.55 Å². The Morgan fingerprint density at radius 3 is 2.67 bits per heavy atom. The minimum absolute atomic E-state index is 0.305. The first-order chi connectivity index (χ1) is 11.6. The maximum atomic E-state index is 14.0. The van der Waals surface area contributed by atoms with E-state index in [9.17, 15) is 9.65 Å². The molecule has 0 aliphatic carbocycles. The number of pyridine rings is 1. The van der Waals surface area contributed by atoms with E-state index in [1.165, 1.54) is 6.07 Å². The molecule has 0 spiro atoms. The Morgan fingerprint density at radius 2 is 2.00 bits per heavy atom. The molecule has 3 rings (SSSR count). The van der Waals surface area contributed by atoms with Gasteiger partial charge in [0.25, 0.3) is 0 Å². The molecule has 0 amide bonds. The van der Waals surface area contributed by atoms with Crippen molar-refractivity contribution in [2.75, 3.05) is 0 Å². The molecule has 3 aromatic rings. The first-order valence-corrected chi connectivity index (χ1v) is 7.58. The zero-order chi connectivity index (χ0) is 17.1. The molecule has 0 aliphatic heterocycles.